The largest absolute Gasteiger partial charge is 0.391 e. The predicted molar refractivity (Wildman–Crippen MR) is 78.8 cm³/mol. The number of aliphatic hydroxyl groups excluding tert-OH is 1. The summed E-state index contributed by atoms with van der Waals surface area (Å²) in [5.74, 6) is -2.32. The number of aliphatic hydroxyl groups is 1. The SMILES string of the molecule is Cc1cc(CC2CN(C(=O)c3ccc(F)cc3F)CC2O)n[nH]1. The molecule has 1 aliphatic heterocycles. The zero-order chi connectivity index (χ0) is 16.6. The fourth-order valence-corrected chi connectivity index (χ4v) is 2.90. The number of nitrogens with one attached hydrogen (secondary N) is 1. The van der Waals surface area contributed by atoms with Crippen molar-refractivity contribution < 1.29 is 18.7 Å². The number of rotatable bonds is 3. The van der Waals surface area contributed by atoms with Crippen LogP contribution in [0.1, 0.15) is 21.7 Å². The van der Waals surface area contributed by atoms with Crippen LogP contribution in [0.2, 0.25) is 0 Å². The Morgan fingerprint density at radius 2 is 2.17 bits per heavy atom. The minimum absolute atomic E-state index is 0.129. The van der Waals surface area contributed by atoms with Gasteiger partial charge in [0, 0.05) is 30.8 Å². The molecule has 2 unspecified atom stereocenters. The van der Waals surface area contributed by atoms with Gasteiger partial charge in [-0.1, -0.05) is 0 Å². The van der Waals surface area contributed by atoms with Crippen LogP contribution in [0, 0.1) is 24.5 Å². The van der Waals surface area contributed by atoms with Gasteiger partial charge in [-0.25, -0.2) is 8.78 Å². The Labute approximate surface area is 131 Å². The molecule has 122 valence electrons. The van der Waals surface area contributed by atoms with E-state index in [1.165, 1.54) is 4.90 Å². The van der Waals surface area contributed by atoms with Gasteiger partial charge in [-0.2, -0.15) is 5.10 Å². The Balaban J connectivity index is 1.71. The number of aromatic nitrogens is 2. The summed E-state index contributed by atoms with van der Waals surface area (Å²) in [6.45, 7) is 2.32. The molecule has 2 N–H and O–H groups in total. The summed E-state index contributed by atoms with van der Waals surface area (Å²) in [5.41, 5.74) is 1.55. The molecule has 1 saturated heterocycles. The van der Waals surface area contributed by atoms with Crippen molar-refractivity contribution in [3.63, 3.8) is 0 Å². The van der Waals surface area contributed by atoms with Crippen molar-refractivity contribution >= 4 is 5.91 Å². The molecular weight excluding hydrogens is 304 g/mol. The van der Waals surface area contributed by atoms with Gasteiger partial charge in [0.25, 0.3) is 5.91 Å². The van der Waals surface area contributed by atoms with Crippen molar-refractivity contribution in [1.29, 1.82) is 0 Å². The number of amides is 1. The molecule has 2 heterocycles. The summed E-state index contributed by atoms with van der Waals surface area (Å²) in [6, 6.07) is 4.75. The van der Waals surface area contributed by atoms with Gasteiger partial charge in [-0.15, -0.1) is 0 Å². The topological polar surface area (TPSA) is 69.2 Å². The Hall–Kier alpha value is -2.28. The second-order valence-electron chi connectivity index (χ2n) is 5.91. The van der Waals surface area contributed by atoms with Crippen LogP contribution in [0.5, 0.6) is 0 Å². The van der Waals surface area contributed by atoms with Crippen molar-refractivity contribution in [2.45, 2.75) is 19.4 Å². The predicted octanol–water partition coefficient (Wildman–Crippen LogP) is 1.67. The van der Waals surface area contributed by atoms with Gasteiger partial charge in [-0.3, -0.25) is 9.89 Å². The first-order chi connectivity index (χ1) is 10.9. The van der Waals surface area contributed by atoms with Crippen molar-refractivity contribution in [3.8, 4) is 0 Å². The smallest absolute Gasteiger partial charge is 0.256 e. The zero-order valence-corrected chi connectivity index (χ0v) is 12.6. The molecule has 1 aromatic carbocycles. The molecule has 2 aromatic rings. The number of H-pyrrole nitrogens is 1. The molecule has 3 rings (SSSR count). The lowest BCUT2D eigenvalue weighted by molar-refractivity contribution is 0.0760. The highest BCUT2D eigenvalue weighted by atomic mass is 19.1. The second kappa shape index (κ2) is 6.08. The lowest BCUT2D eigenvalue weighted by atomic mass is 10.0. The van der Waals surface area contributed by atoms with Gasteiger partial charge < -0.3 is 10.0 Å². The number of carbonyl (C=O) groups is 1. The molecular formula is C16H17F2N3O2. The van der Waals surface area contributed by atoms with Crippen LogP contribution in [-0.4, -0.2) is 45.3 Å². The maximum absolute atomic E-state index is 13.7. The van der Waals surface area contributed by atoms with Gasteiger partial charge in [0.1, 0.15) is 11.6 Å². The summed E-state index contributed by atoms with van der Waals surface area (Å²) in [5, 5.41) is 17.1. The third-order valence-electron chi connectivity index (χ3n) is 4.09. The van der Waals surface area contributed by atoms with E-state index in [0.717, 1.165) is 23.5 Å². The first-order valence-corrected chi connectivity index (χ1v) is 7.37. The van der Waals surface area contributed by atoms with Crippen molar-refractivity contribution in [2.75, 3.05) is 13.1 Å². The number of aromatic amines is 1. The van der Waals surface area contributed by atoms with Crippen LogP contribution >= 0.6 is 0 Å². The molecule has 1 aliphatic rings. The van der Waals surface area contributed by atoms with E-state index in [9.17, 15) is 18.7 Å². The molecule has 7 heteroatoms. The number of hydrogen-bond donors (Lipinski definition) is 2. The quantitative estimate of drug-likeness (QED) is 0.903. The van der Waals surface area contributed by atoms with Crippen LogP contribution in [0.25, 0.3) is 0 Å². The first kappa shape index (κ1) is 15.6. The average molecular weight is 321 g/mol. The highest BCUT2D eigenvalue weighted by molar-refractivity contribution is 5.94. The summed E-state index contributed by atoms with van der Waals surface area (Å²) in [6.07, 6.45) is -0.166. The summed E-state index contributed by atoms with van der Waals surface area (Å²) < 4.78 is 26.7. The van der Waals surface area contributed by atoms with Gasteiger partial charge in [0.2, 0.25) is 0 Å². The molecule has 0 aliphatic carbocycles. The number of aryl methyl sites for hydroxylation is 1. The lowest BCUT2D eigenvalue weighted by Crippen LogP contribution is -2.30. The van der Waals surface area contributed by atoms with E-state index in [1.807, 2.05) is 13.0 Å². The number of halogens is 2. The molecule has 0 radical (unpaired) electrons. The zero-order valence-electron chi connectivity index (χ0n) is 12.6. The maximum atomic E-state index is 13.7. The standard InChI is InChI=1S/C16H17F2N3O2/c1-9-4-12(20-19-9)5-10-7-21(8-15(10)22)16(23)13-3-2-11(17)6-14(13)18/h2-4,6,10,15,22H,5,7-8H2,1H3,(H,19,20). The van der Waals surface area contributed by atoms with Crippen molar-refractivity contribution in [2.24, 2.45) is 5.92 Å². The number of hydrogen-bond acceptors (Lipinski definition) is 3. The fraction of sp³-hybridized carbons (Fsp3) is 0.375. The Morgan fingerprint density at radius 3 is 2.83 bits per heavy atom. The third-order valence-corrected chi connectivity index (χ3v) is 4.09. The van der Waals surface area contributed by atoms with E-state index >= 15 is 0 Å². The molecule has 5 nitrogen and oxygen atoms in total. The number of β-amino-alcohol motifs (C(OH)–C–C–N with tert-alkyl or cyclic N) is 1. The number of nitrogens with zero attached hydrogens (tertiary/aromatic N) is 2. The minimum atomic E-state index is -0.893. The summed E-state index contributed by atoms with van der Waals surface area (Å²) in [7, 11) is 0. The molecule has 1 aromatic heterocycles. The van der Waals surface area contributed by atoms with Crippen LogP contribution in [0.3, 0.4) is 0 Å². The third kappa shape index (κ3) is 3.24. The van der Waals surface area contributed by atoms with Gasteiger partial charge in [0.15, 0.2) is 0 Å². The average Bonchev–Trinajstić information content (AvgIpc) is 3.05. The van der Waals surface area contributed by atoms with E-state index in [-0.39, 0.29) is 18.0 Å². The van der Waals surface area contributed by atoms with Crippen molar-refractivity contribution in [3.05, 3.63) is 52.9 Å². The summed E-state index contributed by atoms with van der Waals surface area (Å²) >= 11 is 0. The molecule has 0 saturated carbocycles. The van der Waals surface area contributed by atoms with E-state index in [2.05, 4.69) is 10.2 Å². The second-order valence-corrected chi connectivity index (χ2v) is 5.91. The van der Waals surface area contributed by atoms with E-state index < -0.39 is 23.6 Å². The van der Waals surface area contributed by atoms with Gasteiger partial charge >= 0.3 is 0 Å². The highest BCUT2D eigenvalue weighted by Gasteiger charge is 2.35. The van der Waals surface area contributed by atoms with Crippen LogP contribution in [0.4, 0.5) is 8.78 Å². The Morgan fingerprint density at radius 1 is 1.39 bits per heavy atom. The first-order valence-electron chi connectivity index (χ1n) is 7.37. The van der Waals surface area contributed by atoms with Gasteiger partial charge in [-0.05, 0) is 31.5 Å². The van der Waals surface area contributed by atoms with Crippen LogP contribution < -0.4 is 0 Å². The monoisotopic (exact) mass is 321 g/mol. The number of carbonyl (C=O) groups excluding carboxylic acids is 1. The minimum Gasteiger partial charge on any atom is -0.391 e. The Kier molecular flexibility index (Phi) is 4.12. The lowest BCUT2D eigenvalue weighted by Gasteiger charge is -2.16. The van der Waals surface area contributed by atoms with E-state index in [0.29, 0.717) is 19.0 Å². The van der Waals surface area contributed by atoms with Crippen LogP contribution in [-0.2, 0) is 6.42 Å². The molecule has 0 spiro atoms. The van der Waals surface area contributed by atoms with Crippen molar-refractivity contribution in [1.82, 2.24) is 15.1 Å². The van der Waals surface area contributed by atoms with Crippen LogP contribution in [0.15, 0.2) is 24.3 Å². The molecule has 1 amide bonds. The molecule has 23 heavy (non-hydrogen) atoms. The normalized spacial score (nSPS) is 21.0. The number of likely N-dealkylation sites (tertiary alicyclic amines) is 1. The van der Waals surface area contributed by atoms with E-state index in [1.54, 1.807) is 0 Å². The summed E-state index contributed by atoms with van der Waals surface area (Å²) in [4.78, 5) is 13.8. The molecule has 2 atom stereocenters. The van der Waals surface area contributed by atoms with Gasteiger partial charge in [0.05, 0.1) is 17.4 Å². The Bertz CT molecular complexity index is 732. The maximum Gasteiger partial charge on any atom is 0.256 e. The molecule has 1 fully saturated rings. The fourth-order valence-electron chi connectivity index (χ4n) is 2.90. The number of benzene rings is 1. The molecule has 0 bridgehead atoms. The van der Waals surface area contributed by atoms with E-state index in [4.69, 9.17) is 0 Å². The highest BCUT2D eigenvalue weighted by Crippen LogP contribution is 2.23.